The fraction of sp³-hybridized carbons (Fsp3) is 0.478. The molecule has 8 heteroatoms. The number of methoxy groups -OCH3 is 2. The number of amides is 3. The molecule has 3 rings (SSSR count). The van der Waals surface area contributed by atoms with Crippen molar-refractivity contribution in [1.82, 2.24) is 15.5 Å². The second-order valence-corrected chi connectivity index (χ2v) is 8.81. The van der Waals surface area contributed by atoms with Crippen molar-refractivity contribution in [2.45, 2.75) is 51.7 Å². The Morgan fingerprint density at radius 3 is 2.48 bits per heavy atom. The summed E-state index contributed by atoms with van der Waals surface area (Å²) in [6.45, 7) is 6.45. The molecule has 0 spiro atoms. The van der Waals surface area contributed by atoms with E-state index < -0.39 is 0 Å². The smallest absolute Gasteiger partial charge is 0.318 e. The molecule has 168 valence electrons. The average molecular weight is 446 g/mol. The Morgan fingerprint density at radius 2 is 1.90 bits per heavy atom. The molecule has 3 amide bonds. The molecule has 1 aromatic carbocycles. The number of fused-ring (bicyclic) bond motifs is 1. The minimum Gasteiger partial charge on any atom is -0.493 e. The first-order valence-corrected chi connectivity index (χ1v) is 11.4. The molecule has 2 unspecified atom stereocenters. The molecule has 0 fully saturated rings. The number of carbonyl (C=O) groups is 2. The van der Waals surface area contributed by atoms with Crippen LogP contribution in [0.25, 0.3) is 0 Å². The van der Waals surface area contributed by atoms with Crippen LogP contribution in [0.3, 0.4) is 0 Å². The molecule has 1 aliphatic rings. The van der Waals surface area contributed by atoms with Crippen molar-refractivity contribution in [3.8, 4) is 11.5 Å². The van der Waals surface area contributed by atoms with Crippen molar-refractivity contribution in [1.29, 1.82) is 0 Å². The van der Waals surface area contributed by atoms with Gasteiger partial charge in [-0.15, -0.1) is 11.3 Å². The Balaban J connectivity index is 2.03. The van der Waals surface area contributed by atoms with Crippen LogP contribution in [0, 0.1) is 0 Å². The fourth-order valence-electron chi connectivity index (χ4n) is 4.02. The topological polar surface area (TPSA) is 79.9 Å². The number of carbonyl (C=O) groups excluding carboxylic acids is 2. The SMILES string of the molecule is CCC(NC(=O)c1cccs1)C1c2cc(OC)c(OC)cc2CCN1C(=O)NC(C)C. The van der Waals surface area contributed by atoms with Gasteiger partial charge in [0.15, 0.2) is 11.5 Å². The third-order valence-electron chi connectivity index (χ3n) is 5.48. The maximum absolute atomic E-state index is 13.1. The molecule has 7 nitrogen and oxygen atoms in total. The minimum atomic E-state index is -0.323. The van der Waals surface area contributed by atoms with Gasteiger partial charge in [0.05, 0.1) is 31.2 Å². The normalized spacial score (nSPS) is 16.5. The summed E-state index contributed by atoms with van der Waals surface area (Å²) < 4.78 is 11.0. The van der Waals surface area contributed by atoms with Crippen LogP contribution in [-0.4, -0.2) is 49.7 Å². The Morgan fingerprint density at radius 1 is 1.19 bits per heavy atom. The number of nitrogens with zero attached hydrogens (tertiary/aromatic N) is 1. The summed E-state index contributed by atoms with van der Waals surface area (Å²) in [5.74, 6) is 1.14. The molecular formula is C23H31N3O4S. The van der Waals surface area contributed by atoms with E-state index in [2.05, 4.69) is 10.6 Å². The van der Waals surface area contributed by atoms with Gasteiger partial charge < -0.3 is 25.0 Å². The summed E-state index contributed by atoms with van der Waals surface area (Å²) in [5.41, 5.74) is 2.07. The van der Waals surface area contributed by atoms with E-state index in [0.717, 1.165) is 11.1 Å². The van der Waals surface area contributed by atoms with E-state index in [1.54, 1.807) is 20.3 Å². The predicted molar refractivity (Wildman–Crippen MR) is 122 cm³/mol. The van der Waals surface area contributed by atoms with E-state index in [-0.39, 0.29) is 30.1 Å². The van der Waals surface area contributed by atoms with Crippen molar-refractivity contribution in [3.05, 3.63) is 45.6 Å². The molecule has 0 saturated carbocycles. The summed E-state index contributed by atoms with van der Waals surface area (Å²) >= 11 is 1.40. The molecule has 0 bridgehead atoms. The van der Waals surface area contributed by atoms with Gasteiger partial charge in [0.2, 0.25) is 0 Å². The highest BCUT2D eigenvalue weighted by molar-refractivity contribution is 7.12. The quantitative estimate of drug-likeness (QED) is 0.675. The number of thiophene rings is 1. The van der Waals surface area contributed by atoms with Crippen LogP contribution in [0.5, 0.6) is 11.5 Å². The van der Waals surface area contributed by atoms with E-state index >= 15 is 0 Å². The van der Waals surface area contributed by atoms with Gasteiger partial charge in [0.25, 0.3) is 5.91 Å². The lowest BCUT2D eigenvalue weighted by molar-refractivity contribution is 0.0891. The standard InChI is InChI=1S/C23H31N3O4S/c1-6-17(25-22(27)20-8-7-11-31-20)21-16-13-19(30-5)18(29-4)12-15(16)9-10-26(21)23(28)24-14(2)3/h7-8,11-14,17,21H,6,9-10H2,1-5H3,(H,24,28)(H,25,27). The molecule has 2 aromatic rings. The van der Waals surface area contributed by atoms with Gasteiger partial charge >= 0.3 is 6.03 Å². The van der Waals surface area contributed by atoms with Gasteiger partial charge in [-0.1, -0.05) is 13.0 Å². The average Bonchev–Trinajstić information content (AvgIpc) is 3.30. The second kappa shape index (κ2) is 10.0. The van der Waals surface area contributed by atoms with Crippen molar-refractivity contribution in [2.75, 3.05) is 20.8 Å². The molecule has 31 heavy (non-hydrogen) atoms. The highest BCUT2D eigenvalue weighted by atomic mass is 32.1. The van der Waals surface area contributed by atoms with Gasteiger partial charge in [-0.05, 0) is 61.4 Å². The first-order valence-electron chi connectivity index (χ1n) is 10.6. The molecule has 1 aromatic heterocycles. The van der Waals surface area contributed by atoms with E-state index in [0.29, 0.717) is 35.8 Å². The largest absolute Gasteiger partial charge is 0.493 e. The zero-order chi connectivity index (χ0) is 22.5. The number of hydrogen-bond acceptors (Lipinski definition) is 5. The lowest BCUT2D eigenvalue weighted by Gasteiger charge is -2.42. The number of urea groups is 1. The maximum Gasteiger partial charge on any atom is 0.318 e. The highest BCUT2D eigenvalue weighted by Crippen LogP contribution is 2.40. The zero-order valence-electron chi connectivity index (χ0n) is 18.7. The van der Waals surface area contributed by atoms with Crippen LogP contribution in [0.15, 0.2) is 29.6 Å². The summed E-state index contributed by atoms with van der Waals surface area (Å²) in [5, 5.41) is 8.05. The van der Waals surface area contributed by atoms with Crippen molar-refractivity contribution in [3.63, 3.8) is 0 Å². The van der Waals surface area contributed by atoms with Crippen molar-refractivity contribution < 1.29 is 19.1 Å². The van der Waals surface area contributed by atoms with Crippen molar-refractivity contribution in [2.24, 2.45) is 0 Å². The molecule has 2 atom stereocenters. The van der Waals surface area contributed by atoms with Gasteiger partial charge in [-0.25, -0.2) is 4.79 Å². The minimum absolute atomic E-state index is 0.0146. The molecular weight excluding hydrogens is 414 g/mol. The van der Waals surface area contributed by atoms with Crippen LogP contribution in [-0.2, 0) is 6.42 Å². The summed E-state index contributed by atoms with van der Waals surface area (Å²) in [4.78, 5) is 28.4. The second-order valence-electron chi connectivity index (χ2n) is 7.86. The lowest BCUT2D eigenvalue weighted by atomic mass is 9.86. The third kappa shape index (κ3) is 4.95. The Bertz CT molecular complexity index is 914. The lowest BCUT2D eigenvalue weighted by Crippen LogP contribution is -2.54. The number of nitrogens with one attached hydrogen (secondary N) is 2. The Kier molecular flexibility index (Phi) is 7.43. The summed E-state index contributed by atoms with van der Waals surface area (Å²) in [7, 11) is 3.21. The monoisotopic (exact) mass is 445 g/mol. The van der Waals surface area contributed by atoms with Crippen LogP contribution in [0.4, 0.5) is 4.79 Å². The van der Waals surface area contributed by atoms with Gasteiger partial charge in [-0.2, -0.15) is 0 Å². The molecule has 0 saturated heterocycles. The van der Waals surface area contributed by atoms with E-state index in [1.165, 1.54) is 11.3 Å². The molecule has 2 N–H and O–H groups in total. The van der Waals surface area contributed by atoms with Crippen LogP contribution in [0.1, 0.15) is 54.0 Å². The molecule has 2 heterocycles. The highest BCUT2D eigenvalue weighted by Gasteiger charge is 2.37. The number of hydrogen-bond donors (Lipinski definition) is 2. The van der Waals surface area contributed by atoms with E-state index in [9.17, 15) is 9.59 Å². The summed E-state index contributed by atoms with van der Waals surface area (Å²) in [6.07, 6.45) is 1.37. The number of ether oxygens (including phenoxy) is 2. The molecule has 1 aliphatic heterocycles. The van der Waals surface area contributed by atoms with Gasteiger partial charge in [-0.3, -0.25) is 4.79 Å². The van der Waals surface area contributed by atoms with Gasteiger partial charge in [0, 0.05) is 12.6 Å². The molecule has 0 radical (unpaired) electrons. The van der Waals surface area contributed by atoms with Crippen LogP contribution >= 0.6 is 11.3 Å². The number of benzene rings is 1. The Labute approximate surface area is 187 Å². The maximum atomic E-state index is 13.1. The molecule has 0 aliphatic carbocycles. The van der Waals surface area contributed by atoms with Crippen molar-refractivity contribution >= 4 is 23.3 Å². The van der Waals surface area contributed by atoms with E-state index in [1.807, 2.05) is 49.3 Å². The first-order chi connectivity index (χ1) is 14.9. The Hall–Kier alpha value is -2.74. The number of rotatable bonds is 7. The van der Waals surface area contributed by atoms with Crippen LogP contribution < -0.4 is 20.1 Å². The summed E-state index contributed by atoms with van der Waals surface area (Å²) in [6, 6.07) is 6.88. The van der Waals surface area contributed by atoms with E-state index in [4.69, 9.17) is 9.47 Å². The first kappa shape index (κ1) is 22.9. The predicted octanol–water partition coefficient (Wildman–Crippen LogP) is 3.99. The van der Waals surface area contributed by atoms with Gasteiger partial charge in [0.1, 0.15) is 0 Å². The fourth-order valence-corrected chi connectivity index (χ4v) is 4.65. The van der Waals surface area contributed by atoms with Crippen LogP contribution in [0.2, 0.25) is 0 Å². The third-order valence-corrected chi connectivity index (χ3v) is 6.35. The zero-order valence-corrected chi connectivity index (χ0v) is 19.5.